The van der Waals surface area contributed by atoms with E-state index in [4.69, 9.17) is 21.2 Å². The fraction of sp³-hybridized carbons (Fsp3) is 0.300. The number of hydrogen-bond donors (Lipinski definition) is 2. The molecule has 0 aliphatic heterocycles. The molecule has 1 unspecified atom stereocenters. The number of carbonyl (C=O) groups excluding carboxylic acids is 1. The summed E-state index contributed by atoms with van der Waals surface area (Å²) in [5.74, 6) is 1.13. The molecule has 1 atom stereocenters. The number of amides is 1. The van der Waals surface area contributed by atoms with Gasteiger partial charge in [-0.1, -0.05) is 60.3 Å². The van der Waals surface area contributed by atoms with E-state index in [0.29, 0.717) is 17.1 Å². The van der Waals surface area contributed by atoms with Crippen molar-refractivity contribution in [2.75, 3.05) is 23.0 Å². The van der Waals surface area contributed by atoms with Crippen molar-refractivity contribution >= 4 is 58.6 Å². The second kappa shape index (κ2) is 12.9. The van der Waals surface area contributed by atoms with Crippen molar-refractivity contribution in [3.05, 3.63) is 60.2 Å². The van der Waals surface area contributed by atoms with Crippen LogP contribution in [-0.4, -0.2) is 29.4 Å². The minimum Gasteiger partial charge on any atom is -0.466 e. The third-order valence-corrected chi connectivity index (χ3v) is 8.98. The van der Waals surface area contributed by atoms with E-state index in [0.717, 1.165) is 23.2 Å². The van der Waals surface area contributed by atoms with Crippen LogP contribution in [0.5, 0.6) is 5.75 Å². The van der Waals surface area contributed by atoms with Gasteiger partial charge in [0, 0.05) is 18.0 Å². The number of benzene rings is 2. The number of oxime groups is 1. The van der Waals surface area contributed by atoms with Crippen LogP contribution in [0.4, 0.5) is 10.5 Å². The number of rotatable bonds is 10. The average Bonchev–Trinajstić information content (AvgIpc) is 2.76. The van der Waals surface area contributed by atoms with Crippen LogP contribution in [0, 0.1) is 0 Å². The Balaban J connectivity index is 1.92. The van der Waals surface area contributed by atoms with Gasteiger partial charge in [-0.05, 0) is 48.9 Å². The van der Waals surface area contributed by atoms with Crippen molar-refractivity contribution < 1.29 is 14.2 Å². The summed E-state index contributed by atoms with van der Waals surface area (Å²) in [6, 6.07) is 17.7. The van der Waals surface area contributed by atoms with Gasteiger partial charge in [0.1, 0.15) is 17.1 Å². The van der Waals surface area contributed by atoms with Crippen molar-refractivity contribution in [3.63, 3.8) is 0 Å². The molecule has 30 heavy (non-hydrogen) atoms. The van der Waals surface area contributed by atoms with Crippen LogP contribution < -0.4 is 14.6 Å². The van der Waals surface area contributed by atoms with Gasteiger partial charge in [0.25, 0.3) is 0 Å². The Morgan fingerprint density at radius 3 is 2.57 bits per heavy atom. The minimum atomic E-state index is -2.07. The Bertz CT molecular complexity index is 897. The lowest BCUT2D eigenvalue weighted by Crippen LogP contribution is -2.23. The van der Waals surface area contributed by atoms with Gasteiger partial charge in [0.15, 0.2) is 0 Å². The highest BCUT2D eigenvalue weighted by molar-refractivity contribution is 8.13. The van der Waals surface area contributed by atoms with Crippen LogP contribution in [0.1, 0.15) is 19.4 Å². The number of anilines is 1. The van der Waals surface area contributed by atoms with E-state index < -0.39 is 12.4 Å². The molecule has 1 amide bonds. The number of thioether (sulfide) groups is 1. The SMILES string of the molecule is CCP(=S)(Cc1ccccc1NSCNC(=O)ON=C(C)SC)Oc1ccccc1. The lowest BCUT2D eigenvalue weighted by molar-refractivity contribution is 0.153. The maximum Gasteiger partial charge on any atom is 0.434 e. The summed E-state index contributed by atoms with van der Waals surface area (Å²) >= 11 is 8.68. The smallest absolute Gasteiger partial charge is 0.434 e. The predicted molar refractivity (Wildman–Crippen MR) is 134 cm³/mol. The molecule has 2 N–H and O–H groups in total. The monoisotopic (exact) mass is 483 g/mol. The Morgan fingerprint density at radius 1 is 1.17 bits per heavy atom. The average molecular weight is 484 g/mol. The highest BCUT2D eigenvalue weighted by Crippen LogP contribution is 2.51. The van der Waals surface area contributed by atoms with E-state index in [9.17, 15) is 4.79 Å². The summed E-state index contributed by atoms with van der Waals surface area (Å²) in [5, 5.41) is 7.00. The first kappa shape index (κ1) is 24.6. The molecule has 0 bridgehead atoms. The van der Waals surface area contributed by atoms with Gasteiger partial charge in [-0.3, -0.25) is 4.84 Å². The minimum absolute atomic E-state index is 0.323. The van der Waals surface area contributed by atoms with E-state index in [-0.39, 0.29) is 0 Å². The zero-order valence-electron chi connectivity index (χ0n) is 17.2. The first-order valence-corrected chi connectivity index (χ1v) is 14.6. The summed E-state index contributed by atoms with van der Waals surface area (Å²) in [7, 11) is 0. The fourth-order valence-electron chi connectivity index (χ4n) is 2.28. The summed E-state index contributed by atoms with van der Waals surface area (Å²) in [5.41, 5.74) is 2.04. The van der Waals surface area contributed by atoms with Crippen LogP contribution in [0.2, 0.25) is 0 Å². The number of para-hydroxylation sites is 2. The number of hydrogen-bond acceptors (Lipinski definition) is 8. The Labute approximate surface area is 191 Å². The molecule has 162 valence electrons. The van der Waals surface area contributed by atoms with E-state index >= 15 is 0 Å². The lowest BCUT2D eigenvalue weighted by Gasteiger charge is -2.23. The number of nitrogens with one attached hydrogen (secondary N) is 2. The Hall–Kier alpha value is -1.67. The van der Waals surface area contributed by atoms with Crippen LogP contribution in [0.3, 0.4) is 0 Å². The lowest BCUT2D eigenvalue weighted by atomic mass is 10.2. The standard InChI is InChI=1S/C20H26N3O3PS3/c1-4-27(28,26-18-11-6-5-7-12-18)14-17-10-8-9-13-19(17)23-30-15-21-20(24)25-22-16(2)29-3/h5-13,23H,4,14-15H2,1-3H3,(H,21,24). The first-order chi connectivity index (χ1) is 14.5. The number of carbonyl (C=O) groups is 1. The van der Waals surface area contributed by atoms with E-state index in [1.165, 1.54) is 23.7 Å². The molecule has 2 rings (SSSR count). The molecular weight excluding hydrogens is 457 g/mol. The summed E-state index contributed by atoms with van der Waals surface area (Å²) in [6.45, 7) is 3.84. The summed E-state index contributed by atoms with van der Waals surface area (Å²) in [4.78, 5) is 16.4. The van der Waals surface area contributed by atoms with Gasteiger partial charge in [-0.25, -0.2) is 4.79 Å². The van der Waals surface area contributed by atoms with Crippen LogP contribution in [0.15, 0.2) is 59.8 Å². The van der Waals surface area contributed by atoms with Crippen LogP contribution in [0.25, 0.3) is 0 Å². The molecule has 0 saturated carbocycles. The van der Waals surface area contributed by atoms with Gasteiger partial charge in [-0.15, -0.1) is 11.8 Å². The molecule has 2 aromatic rings. The second-order valence-electron chi connectivity index (χ2n) is 6.11. The molecule has 0 saturated heterocycles. The van der Waals surface area contributed by atoms with Gasteiger partial charge in [0.2, 0.25) is 0 Å². The van der Waals surface area contributed by atoms with E-state index in [1.54, 1.807) is 6.92 Å². The Kier molecular flexibility index (Phi) is 10.6. The van der Waals surface area contributed by atoms with Crippen molar-refractivity contribution in [1.82, 2.24) is 5.32 Å². The van der Waals surface area contributed by atoms with Crippen LogP contribution >= 0.6 is 30.0 Å². The van der Waals surface area contributed by atoms with E-state index in [2.05, 4.69) is 28.2 Å². The molecule has 0 radical (unpaired) electrons. The van der Waals surface area contributed by atoms with Gasteiger partial charge < -0.3 is 14.6 Å². The predicted octanol–water partition coefficient (Wildman–Crippen LogP) is 6.12. The highest BCUT2D eigenvalue weighted by atomic mass is 32.4. The summed E-state index contributed by atoms with van der Waals surface area (Å²) < 4.78 is 9.50. The van der Waals surface area contributed by atoms with Gasteiger partial charge >= 0.3 is 6.09 Å². The van der Waals surface area contributed by atoms with Gasteiger partial charge in [0.05, 0.1) is 5.88 Å². The molecule has 0 heterocycles. The van der Waals surface area contributed by atoms with Crippen LogP contribution in [-0.2, 0) is 22.8 Å². The zero-order valence-corrected chi connectivity index (χ0v) is 20.5. The maximum absolute atomic E-state index is 11.6. The molecule has 0 aromatic heterocycles. The topological polar surface area (TPSA) is 72.0 Å². The molecule has 6 nitrogen and oxygen atoms in total. The largest absolute Gasteiger partial charge is 0.466 e. The quantitative estimate of drug-likeness (QED) is 0.0616. The molecule has 0 fully saturated rings. The second-order valence-corrected chi connectivity index (χ2v) is 12.6. The molecule has 0 aliphatic rings. The van der Waals surface area contributed by atoms with Crippen molar-refractivity contribution in [2.24, 2.45) is 5.16 Å². The molecule has 2 aromatic carbocycles. The van der Waals surface area contributed by atoms with Crippen molar-refractivity contribution in [3.8, 4) is 5.75 Å². The Morgan fingerprint density at radius 2 is 1.87 bits per heavy atom. The summed E-state index contributed by atoms with van der Waals surface area (Å²) in [6.07, 6.45) is 0.668. The highest BCUT2D eigenvalue weighted by Gasteiger charge is 2.19. The van der Waals surface area contributed by atoms with E-state index in [1.807, 2.05) is 54.8 Å². The normalized spacial score (nSPS) is 13.2. The van der Waals surface area contributed by atoms with Crippen molar-refractivity contribution in [2.45, 2.75) is 20.0 Å². The molecular formula is C20H26N3O3PS3. The molecule has 0 aliphatic carbocycles. The molecule has 0 spiro atoms. The zero-order chi connectivity index (χ0) is 21.8. The third kappa shape index (κ3) is 8.60. The maximum atomic E-state index is 11.6. The fourth-order valence-corrected chi connectivity index (χ4v) is 5.41. The first-order valence-electron chi connectivity index (χ1n) is 9.27. The molecule has 10 heteroatoms. The van der Waals surface area contributed by atoms with Crippen molar-refractivity contribution in [1.29, 1.82) is 0 Å². The van der Waals surface area contributed by atoms with Gasteiger partial charge in [-0.2, -0.15) is 0 Å². The number of nitrogens with zero attached hydrogens (tertiary/aromatic N) is 1. The third-order valence-electron chi connectivity index (χ3n) is 3.95.